The maximum absolute atomic E-state index is 4.89. The number of hydrogen-bond acceptors (Lipinski definition) is 5. The molecule has 0 bridgehead atoms. The van der Waals surface area contributed by atoms with Crippen molar-refractivity contribution >= 4 is 11.8 Å². The topological polar surface area (TPSA) is 44.3 Å². The van der Waals surface area contributed by atoms with Gasteiger partial charge in [0.2, 0.25) is 5.95 Å². The first kappa shape index (κ1) is 18.4. The summed E-state index contributed by atoms with van der Waals surface area (Å²) in [7, 11) is 0. The van der Waals surface area contributed by atoms with Gasteiger partial charge in [-0.1, -0.05) is 67.6 Å². The van der Waals surface area contributed by atoms with Gasteiger partial charge in [-0.15, -0.1) is 0 Å². The van der Waals surface area contributed by atoms with Gasteiger partial charge in [-0.2, -0.15) is 4.98 Å². The number of nitrogens with one attached hydrogen (secondary N) is 1. The lowest BCUT2D eigenvalue weighted by molar-refractivity contribution is 0.270. The summed E-state index contributed by atoms with van der Waals surface area (Å²) in [6.45, 7) is 8.10. The Hall–Kier alpha value is -2.92. The van der Waals surface area contributed by atoms with Crippen molar-refractivity contribution in [3.8, 4) is 11.3 Å². The van der Waals surface area contributed by atoms with Crippen molar-refractivity contribution in [2.45, 2.75) is 13.5 Å². The molecular weight excluding hydrogens is 346 g/mol. The number of piperazine rings is 1. The van der Waals surface area contributed by atoms with E-state index in [4.69, 9.17) is 9.97 Å². The molecular formula is C23H27N5. The first-order valence-corrected chi connectivity index (χ1v) is 10.0. The highest BCUT2D eigenvalue weighted by Gasteiger charge is 2.19. The largest absolute Gasteiger partial charge is 0.366 e. The summed E-state index contributed by atoms with van der Waals surface area (Å²) >= 11 is 0. The first-order valence-electron chi connectivity index (χ1n) is 10.0. The van der Waals surface area contributed by atoms with E-state index >= 15 is 0 Å². The number of likely N-dealkylation sites (N-methyl/N-ethyl adjacent to an activating group) is 1. The van der Waals surface area contributed by atoms with Gasteiger partial charge >= 0.3 is 0 Å². The SMILES string of the molecule is CCN1CCN(c2nc(NCc3ccccc3)cc(-c3ccccc3)n2)CC1. The van der Waals surface area contributed by atoms with Crippen molar-refractivity contribution in [1.29, 1.82) is 0 Å². The van der Waals surface area contributed by atoms with Crippen LogP contribution in [0.5, 0.6) is 0 Å². The molecule has 2 aromatic carbocycles. The zero-order valence-electron chi connectivity index (χ0n) is 16.4. The molecule has 1 aliphatic heterocycles. The predicted octanol–water partition coefficient (Wildman–Crippen LogP) is 3.90. The summed E-state index contributed by atoms with van der Waals surface area (Å²) in [6, 6.07) is 22.8. The summed E-state index contributed by atoms with van der Waals surface area (Å²) in [4.78, 5) is 14.5. The molecule has 1 fully saturated rings. The molecule has 0 aliphatic carbocycles. The minimum atomic E-state index is 0.745. The van der Waals surface area contributed by atoms with E-state index in [2.05, 4.69) is 58.4 Å². The van der Waals surface area contributed by atoms with Gasteiger partial charge in [0.1, 0.15) is 5.82 Å². The Bertz CT molecular complexity index is 874. The molecule has 28 heavy (non-hydrogen) atoms. The van der Waals surface area contributed by atoms with E-state index in [1.165, 1.54) is 5.56 Å². The number of nitrogens with zero attached hydrogens (tertiary/aromatic N) is 4. The average molecular weight is 374 g/mol. The number of aromatic nitrogens is 2. The Balaban J connectivity index is 1.59. The zero-order valence-corrected chi connectivity index (χ0v) is 16.4. The van der Waals surface area contributed by atoms with Crippen LogP contribution in [0.25, 0.3) is 11.3 Å². The van der Waals surface area contributed by atoms with E-state index in [0.29, 0.717) is 0 Å². The fourth-order valence-corrected chi connectivity index (χ4v) is 3.48. The number of benzene rings is 2. The Morgan fingerprint density at radius 3 is 2.21 bits per heavy atom. The molecule has 0 radical (unpaired) electrons. The molecule has 5 heteroatoms. The van der Waals surface area contributed by atoms with Crippen LogP contribution in [-0.2, 0) is 6.54 Å². The Kier molecular flexibility index (Phi) is 5.83. The molecule has 0 saturated carbocycles. The van der Waals surface area contributed by atoms with Crippen LogP contribution in [0.2, 0.25) is 0 Å². The lowest BCUT2D eigenvalue weighted by atomic mass is 10.1. The Morgan fingerprint density at radius 2 is 1.54 bits per heavy atom. The number of anilines is 2. The van der Waals surface area contributed by atoms with Crippen LogP contribution in [0.3, 0.4) is 0 Å². The molecule has 0 unspecified atom stereocenters. The molecule has 0 atom stereocenters. The summed E-state index contributed by atoms with van der Waals surface area (Å²) in [5.41, 5.74) is 3.31. The lowest BCUT2D eigenvalue weighted by Gasteiger charge is -2.34. The van der Waals surface area contributed by atoms with Gasteiger partial charge in [0.15, 0.2) is 0 Å². The normalized spacial score (nSPS) is 14.8. The van der Waals surface area contributed by atoms with E-state index in [-0.39, 0.29) is 0 Å². The van der Waals surface area contributed by atoms with E-state index in [1.807, 2.05) is 30.3 Å². The highest BCUT2D eigenvalue weighted by molar-refractivity contribution is 5.64. The van der Waals surface area contributed by atoms with Crippen molar-refractivity contribution in [3.05, 3.63) is 72.3 Å². The first-order chi connectivity index (χ1) is 13.8. The molecule has 2 heterocycles. The number of hydrogen-bond donors (Lipinski definition) is 1. The summed E-state index contributed by atoms with van der Waals surface area (Å²) in [5, 5.41) is 3.48. The highest BCUT2D eigenvalue weighted by atomic mass is 15.3. The molecule has 0 spiro atoms. The molecule has 3 aromatic rings. The van der Waals surface area contributed by atoms with Crippen LogP contribution in [0.15, 0.2) is 66.7 Å². The van der Waals surface area contributed by atoms with Crippen LogP contribution in [0.4, 0.5) is 11.8 Å². The number of rotatable bonds is 6. The van der Waals surface area contributed by atoms with Crippen molar-refractivity contribution in [2.24, 2.45) is 0 Å². The second kappa shape index (κ2) is 8.85. The fourth-order valence-electron chi connectivity index (χ4n) is 3.48. The second-order valence-electron chi connectivity index (χ2n) is 7.06. The Labute approximate surface area is 167 Å². The van der Waals surface area contributed by atoms with Gasteiger partial charge in [-0.05, 0) is 12.1 Å². The van der Waals surface area contributed by atoms with Crippen LogP contribution in [0.1, 0.15) is 12.5 Å². The third kappa shape index (κ3) is 4.49. The van der Waals surface area contributed by atoms with Gasteiger partial charge in [0.05, 0.1) is 5.69 Å². The monoisotopic (exact) mass is 373 g/mol. The second-order valence-corrected chi connectivity index (χ2v) is 7.06. The maximum atomic E-state index is 4.89. The summed E-state index contributed by atoms with van der Waals surface area (Å²) in [6.07, 6.45) is 0. The van der Waals surface area contributed by atoms with E-state index in [9.17, 15) is 0 Å². The molecule has 1 aliphatic rings. The van der Waals surface area contributed by atoms with Gasteiger partial charge < -0.3 is 15.1 Å². The molecule has 5 nitrogen and oxygen atoms in total. The van der Waals surface area contributed by atoms with Crippen LogP contribution in [0, 0.1) is 0 Å². The summed E-state index contributed by atoms with van der Waals surface area (Å²) < 4.78 is 0. The summed E-state index contributed by atoms with van der Waals surface area (Å²) in [5.74, 6) is 1.68. The van der Waals surface area contributed by atoms with Gasteiger partial charge in [-0.3, -0.25) is 0 Å². The van der Waals surface area contributed by atoms with Crippen molar-refractivity contribution in [1.82, 2.24) is 14.9 Å². The van der Waals surface area contributed by atoms with E-state index in [0.717, 1.165) is 62.3 Å². The van der Waals surface area contributed by atoms with E-state index in [1.54, 1.807) is 0 Å². The van der Waals surface area contributed by atoms with Gasteiger partial charge in [0.25, 0.3) is 0 Å². The third-order valence-corrected chi connectivity index (χ3v) is 5.20. The molecule has 1 saturated heterocycles. The van der Waals surface area contributed by atoms with Crippen molar-refractivity contribution in [2.75, 3.05) is 42.9 Å². The fraction of sp³-hybridized carbons (Fsp3) is 0.304. The van der Waals surface area contributed by atoms with Crippen LogP contribution >= 0.6 is 0 Å². The average Bonchev–Trinajstić information content (AvgIpc) is 2.79. The quantitative estimate of drug-likeness (QED) is 0.710. The zero-order chi connectivity index (χ0) is 19.2. The van der Waals surface area contributed by atoms with Crippen LogP contribution in [-0.4, -0.2) is 47.6 Å². The molecule has 4 rings (SSSR count). The lowest BCUT2D eigenvalue weighted by Crippen LogP contribution is -2.46. The predicted molar refractivity (Wildman–Crippen MR) is 116 cm³/mol. The minimum absolute atomic E-state index is 0.745. The minimum Gasteiger partial charge on any atom is -0.366 e. The molecule has 1 N–H and O–H groups in total. The Morgan fingerprint density at radius 1 is 0.857 bits per heavy atom. The molecule has 144 valence electrons. The third-order valence-electron chi connectivity index (χ3n) is 5.20. The standard InChI is InChI=1S/C23H27N5/c1-2-27-13-15-28(16-14-27)23-25-21(20-11-7-4-8-12-20)17-22(26-23)24-18-19-9-5-3-6-10-19/h3-12,17H,2,13-16,18H2,1H3,(H,24,25,26). The highest BCUT2D eigenvalue weighted by Crippen LogP contribution is 2.24. The van der Waals surface area contributed by atoms with Crippen molar-refractivity contribution < 1.29 is 0 Å². The van der Waals surface area contributed by atoms with Gasteiger partial charge in [-0.25, -0.2) is 4.98 Å². The van der Waals surface area contributed by atoms with E-state index < -0.39 is 0 Å². The molecule has 1 aromatic heterocycles. The van der Waals surface area contributed by atoms with Gasteiger partial charge in [0, 0.05) is 44.4 Å². The van der Waals surface area contributed by atoms with Crippen molar-refractivity contribution in [3.63, 3.8) is 0 Å². The molecule has 0 amide bonds. The maximum Gasteiger partial charge on any atom is 0.227 e. The smallest absolute Gasteiger partial charge is 0.227 e. The van der Waals surface area contributed by atoms with Crippen LogP contribution < -0.4 is 10.2 Å².